The third-order valence-corrected chi connectivity index (χ3v) is 2.72. The molecule has 0 aromatic carbocycles. The second-order valence-corrected chi connectivity index (χ2v) is 6.14. The molecule has 1 fully saturated rings. The van der Waals surface area contributed by atoms with Crippen molar-refractivity contribution in [1.82, 2.24) is 20.4 Å². The van der Waals surface area contributed by atoms with Crippen LogP contribution in [0.25, 0.3) is 0 Å². The molecule has 0 aliphatic carbocycles. The highest BCUT2D eigenvalue weighted by molar-refractivity contribution is 5.87. The van der Waals surface area contributed by atoms with Gasteiger partial charge in [0, 0.05) is 18.6 Å². The van der Waals surface area contributed by atoms with Crippen LogP contribution in [-0.4, -0.2) is 72.8 Å². The van der Waals surface area contributed by atoms with Crippen LogP contribution in [0, 0.1) is 0 Å². The van der Waals surface area contributed by atoms with Crippen molar-refractivity contribution in [2.45, 2.75) is 26.3 Å². The molecule has 0 atom stereocenters. The van der Waals surface area contributed by atoms with Crippen molar-refractivity contribution in [1.29, 1.82) is 0 Å². The Morgan fingerprint density at radius 2 is 2.00 bits per heavy atom. The molecule has 1 aliphatic heterocycles. The van der Waals surface area contributed by atoms with Gasteiger partial charge in [-0.05, 0) is 27.8 Å². The van der Waals surface area contributed by atoms with Crippen LogP contribution >= 0.6 is 0 Å². The molecule has 0 saturated carbocycles. The Balaban J connectivity index is 2.37. The molecule has 7 heteroatoms. The SMILES string of the molecule is CN(CC(=O)NC(C)(C)C)CC(=O)N1CCNC(=O)C1. The summed E-state index contributed by atoms with van der Waals surface area (Å²) >= 11 is 0. The first-order chi connectivity index (χ1) is 9.17. The van der Waals surface area contributed by atoms with Gasteiger partial charge in [0.1, 0.15) is 0 Å². The van der Waals surface area contributed by atoms with Crippen molar-refractivity contribution in [3.05, 3.63) is 0 Å². The van der Waals surface area contributed by atoms with Gasteiger partial charge >= 0.3 is 0 Å². The van der Waals surface area contributed by atoms with Gasteiger partial charge in [0.25, 0.3) is 0 Å². The molecular weight excluding hydrogens is 260 g/mol. The van der Waals surface area contributed by atoms with E-state index < -0.39 is 0 Å². The van der Waals surface area contributed by atoms with E-state index in [1.807, 2.05) is 20.8 Å². The zero-order chi connectivity index (χ0) is 15.3. The van der Waals surface area contributed by atoms with Gasteiger partial charge in [-0.2, -0.15) is 0 Å². The van der Waals surface area contributed by atoms with Gasteiger partial charge in [-0.25, -0.2) is 0 Å². The standard InChI is InChI=1S/C13H24N4O3/c1-13(2,3)15-11(19)7-16(4)9-12(20)17-6-5-14-10(18)8-17/h5-9H2,1-4H3,(H,14,18)(H,15,19). The number of nitrogens with one attached hydrogen (secondary N) is 2. The Labute approximate surface area is 119 Å². The second-order valence-electron chi connectivity index (χ2n) is 6.14. The summed E-state index contributed by atoms with van der Waals surface area (Å²) in [5.74, 6) is -0.396. The van der Waals surface area contributed by atoms with E-state index in [0.717, 1.165) is 0 Å². The van der Waals surface area contributed by atoms with Gasteiger partial charge in [-0.1, -0.05) is 0 Å². The van der Waals surface area contributed by atoms with Gasteiger partial charge < -0.3 is 15.5 Å². The van der Waals surface area contributed by atoms with E-state index in [0.29, 0.717) is 13.1 Å². The van der Waals surface area contributed by atoms with Crippen molar-refractivity contribution in [3.8, 4) is 0 Å². The van der Waals surface area contributed by atoms with Crippen LogP contribution in [0.1, 0.15) is 20.8 Å². The Kier molecular flexibility index (Phi) is 5.50. The van der Waals surface area contributed by atoms with Crippen LogP contribution in [0.2, 0.25) is 0 Å². The molecule has 114 valence electrons. The smallest absolute Gasteiger partial charge is 0.239 e. The quantitative estimate of drug-likeness (QED) is 0.679. The number of amides is 3. The van der Waals surface area contributed by atoms with Crippen molar-refractivity contribution >= 4 is 17.7 Å². The van der Waals surface area contributed by atoms with E-state index in [2.05, 4.69) is 10.6 Å². The topological polar surface area (TPSA) is 81.8 Å². The van der Waals surface area contributed by atoms with Gasteiger partial charge in [-0.3, -0.25) is 19.3 Å². The van der Waals surface area contributed by atoms with Crippen LogP contribution in [0.15, 0.2) is 0 Å². The molecule has 3 amide bonds. The summed E-state index contributed by atoms with van der Waals surface area (Å²) in [6, 6.07) is 0. The van der Waals surface area contributed by atoms with Crippen LogP contribution in [-0.2, 0) is 14.4 Å². The second kappa shape index (κ2) is 6.69. The largest absolute Gasteiger partial charge is 0.353 e. The normalized spacial score (nSPS) is 16.1. The highest BCUT2D eigenvalue weighted by atomic mass is 16.2. The average Bonchev–Trinajstić information content (AvgIpc) is 2.25. The highest BCUT2D eigenvalue weighted by Gasteiger charge is 2.23. The summed E-state index contributed by atoms with van der Waals surface area (Å²) in [6.07, 6.45) is 0. The first-order valence-electron chi connectivity index (χ1n) is 6.71. The third kappa shape index (κ3) is 6.01. The van der Waals surface area contributed by atoms with E-state index in [4.69, 9.17) is 0 Å². The van der Waals surface area contributed by atoms with Gasteiger partial charge in [0.2, 0.25) is 17.7 Å². The highest BCUT2D eigenvalue weighted by Crippen LogP contribution is 1.99. The molecular formula is C13H24N4O3. The summed E-state index contributed by atoms with van der Waals surface area (Å²) in [6.45, 7) is 7.10. The Hall–Kier alpha value is -1.63. The molecule has 0 spiro atoms. The fourth-order valence-electron chi connectivity index (χ4n) is 1.94. The zero-order valence-corrected chi connectivity index (χ0v) is 12.7. The number of carbonyl (C=O) groups excluding carboxylic acids is 3. The number of piperazine rings is 1. The molecule has 1 saturated heterocycles. The van der Waals surface area contributed by atoms with Crippen LogP contribution in [0.3, 0.4) is 0 Å². The van der Waals surface area contributed by atoms with Crippen LogP contribution in [0.5, 0.6) is 0 Å². The van der Waals surface area contributed by atoms with E-state index in [9.17, 15) is 14.4 Å². The van der Waals surface area contributed by atoms with E-state index in [-0.39, 0.29) is 42.9 Å². The summed E-state index contributed by atoms with van der Waals surface area (Å²) < 4.78 is 0. The number of likely N-dealkylation sites (N-methyl/N-ethyl adjacent to an activating group) is 1. The van der Waals surface area contributed by atoms with E-state index in [1.165, 1.54) is 4.90 Å². The molecule has 7 nitrogen and oxygen atoms in total. The lowest BCUT2D eigenvalue weighted by molar-refractivity contribution is -0.139. The minimum Gasteiger partial charge on any atom is -0.353 e. The van der Waals surface area contributed by atoms with E-state index in [1.54, 1.807) is 11.9 Å². The maximum Gasteiger partial charge on any atom is 0.239 e. The predicted octanol–water partition coefficient (Wildman–Crippen LogP) is -1.21. The summed E-state index contributed by atoms with van der Waals surface area (Å²) in [5, 5.41) is 5.51. The Morgan fingerprint density at radius 1 is 1.35 bits per heavy atom. The molecule has 0 bridgehead atoms. The average molecular weight is 284 g/mol. The number of hydrogen-bond acceptors (Lipinski definition) is 4. The minimum atomic E-state index is -0.285. The zero-order valence-electron chi connectivity index (χ0n) is 12.7. The fourth-order valence-corrected chi connectivity index (χ4v) is 1.94. The molecule has 0 aromatic rings. The molecule has 1 rings (SSSR count). The Morgan fingerprint density at radius 3 is 2.55 bits per heavy atom. The molecule has 0 unspecified atom stereocenters. The Bertz CT molecular complexity index is 390. The monoisotopic (exact) mass is 284 g/mol. The van der Waals surface area contributed by atoms with Crippen molar-refractivity contribution in [2.24, 2.45) is 0 Å². The minimum absolute atomic E-state index is 0.0981. The molecule has 0 aromatic heterocycles. The van der Waals surface area contributed by atoms with Crippen molar-refractivity contribution < 1.29 is 14.4 Å². The third-order valence-electron chi connectivity index (χ3n) is 2.72. The first-order valence-corrected chi connectivity index (χ1v) is 6.71. The number of carbonyl (C=O) groups is 3. The molecule has 2 N–H and O–H groups in total. The van der Waals surface area contributed by atoms with Crippen molar-refractivity contribution in [2.75, 3.05) is 39.8 Å². The lowest BCUT2D eigenvalue weighted by Crippen LogP contribution is -2.53. The fraction of sp³-hybridized carbons (Fsp3) is 0.769. The van der Waals surface area contributed by atoms with Gasteiger partial charge in [-0.15, -0.1) is 0 Å². The summed E-state index contributed by atoms with van der Waals surface area (Å²) in [4.78, 5) is 38.1. The maximum absolute atomic E-state index is 12.0. The lowest BCUT2D eigenvalue weighted by atomic mass is 10.1. The number of rotatable bonds is 4. The molecule has 1 heterocycles. The van der Waals surface area contributed by atoms with Gasteiger partial charge in [0.15, 0.2) is 0 Å². The number of nitrogens with zero attached hydrogens (tertiary/aromatic N) is 2. The molecule has 0 radical (unpaired) electrons. The van der Waals surface area contributed by atoms with Gasteiger partial charge in [0.05, 0.1) is 19.6 Å². The molecule has 20 heavy (non-hydrogen) atoms. The first kappa shape index (κ1) is 16.4. The van der Waals surface area contributed by atoms with Crippen LogP contribution in [0.4, 0.5) is 0 Å². The van der Waals surface area contributed by atoms with Crippen LogP contribution < -0.4 is 10.6 Å². The molecule has 1 aliphatic rings. The maximum atomic E-state index is 12.0. The van der Waals surface area contributed by atoms with Crippen molar-refractivity contribution in [3.63, 3.8) is 0 Å². The predicted molar refractivity (Wildman–Crippen MR) is 75.0 cm³/mol. The summed E-state index contributed by atoms with van der Waals surface area (Å²) in [7, 11) is 1.71. The lowest BCUT2D eigenvalue weighted by Gasteiger charge is -2.29. The summed E-state index contributed by atoms with van der Waals surface area (Å²) in [5.41, 5.74) is -0.285. The van der Waals surface area contributed by atoms with E-state index >= 15 is 0 Å². The number of hydrogen-bond donors (Lipinski definition) is 2.